The SMILES string of the molecule is COC(=O)[C@H](CC1=C[NH2+]C=N1)NC(=O)c1ccccc1.[Cl-]. The van der Waals surface area contributed by atoms with Crippen LogP contribution >= 0.6 is 0 Å². The zero-order valence-electron chi connectivity index (χ0n) is 11.5. The van der Waals surface area contributed by atoms with E-state index in [4.69, 9.17) is 4.74 Å². The average Bonchev–Trinajstić information content (AvgIpc) is 2.99. The molecule has 0 saturated heterocycles. The summed E-state index contributed by atoms with van der Waals surface area (Å²) >= 11 is 0. The lowest BCUT2D eigenvalue weighted by molar-refractivity contribution is -0.447. The van der Waals surface area contributed by atoms with Gasteiger partial charge in [0.1, 0.15) is 17.9 Å². The minimum Gasteiger partial charge on any atom is -1.00 e. The van der Waals surface area contributed by atoms with Crippen LogP contribution < -0.4 is 23.0 Å². The summed E-state index contributed by atoms with van der Waals surface area (Å²) in [6, 6.07) is 7.97. The lowest BCUT2D eigenvalue weighted by Gasteiger charge is -2.15. The van der Waals surface area contributed by atoms with Gasteiger partial charge in [-0.05, 0) is 12.1 Å². The number of aliphatic imine (C=N–C) groups is 1. The second-order valence-electron chi connectivity index (χ2n) is 4.25. The van der Waals surface area contributed by atoms with Crippen molar-refractivity contribution in [2.45, 2.75) is 12.5 Å². The number of quaternary nitrogens is 1. The number of hydrogen-bond acceptors (Lipinski definition) is 4. The molecule has 1 heterocycles. The summed E-state index contributed by atoms with van der Waals surface area (Å²) in [7, 11) is 1.29. The van der Waals surface area contributed by atoms with Gasteiger partial charge in [-0.3, -0.25) is 10.1 Å². The first-order valence-electron chi connectivity index (χ1n) is 6.21. The Hall–Kier alpha value is -2.18. The molecule has 6 nitrogen and oxygen atoms in total. The number of hydrogen-bond donors (Lipinski definition) is 2. The number of benzene rings is 1. The first-order chi connectivity index (χ1) is 9.70. The van der Waals surface area contributed by atoms with E-state index in [1.54, 1.807) is 42.1 Å². The maximum atomic E-state index is 12.1. The van der Waals surface area contributed by atoms with E-state index in [1.165, 1.54) is 7.11 Å². The largest absolute Gasteiger partial charge is 1.00 e. The molecule has 112 valence electrons. The minimum atomic E-state index is -0.748. The van der Waals surface area contributed by atoms with Crippen LogP contribution in [0.15, 0.2) is 47.2 Å². The van der Waals surface area contributed by atoms with Gasteiger partial charge in [-0.2, -0.15) is 0 Å². The molecule has 0 spiro atoms. The molecule has 0 aliphatic carbocycles. The quantitative estimate of drug-likeness (QED) is 0.562. The number of esters is 1. The van der Waals surface area contributed by atoms with Crippen molar-refractivity contribution in [1.29, 1.82) is 0 Å². The first kappa shape index (κ1) is 16.9. The van der Waals surface area contributed by atoms with E-state index >= 15 is 0 Å². The molecule has 1 aliphatic heterocycles. The molecule has 7 heteroatoms. The van der Waals surface area contributed by atoms with Gasteiger partial charge in [0.15, 0.2) is 6.34 Å². The molecule has 0 radical (unpaired) electrons. The van der Waals surface area contributed by atoms with Crippen LogP contribution in [0, 0.1) is 0 Å². The summed E-state index contributed by atoms with van der Waals surface area (Å²) in [5.41, 5.74) is 1.23. The summed E-state index contributed by atoms with van der Waals surface area (Å²) in [5, 5.41) is 4.45. The Kier molecular flexibility index (Phi) is 6.58. The van der Waals surface area contributed by atoms with Crippen LogP contribution in [0.3, 0.4) is 0 Å². The molecule has 2 rings (SSSR count). The fraction of sp³-hybridized carbons (Fsp3) is 0.214. The fourth-order valence-electron chi connectivity index (χ4n) is 1.83. The van der Waals surface area contributed by atoms with Gasteiger partial charge in [-0.15, -0.1) is 0 Å². The third-order valence-corrected chi connectivity index (χ3v) is 2.86. The van der Waals surface area contributed by atoms with E-state index < -0.39 is 12.0 Å². The predicted molar refractivity (Wildman–Crippen MR) is 72.8 cm³/mol. The molecule has 0 aromatic heterocycles. The Morgan fingerprint density at radius 3 is 2.62 bits per heavy atom. The molecular formula is C14H16ClN3O3. The van der Waals surface area contributed by atoms with E-state index in [9.17, 15) is 9.59 Å². The van der Waals surface area contributed by atoms with Crippen LogP contribution in [0.25, 0.3) is 0 Å². The third kappa shape index (κ3) is 4.70. The minimum absolute atomic E-state index is 0. The van der Waals surface area contributed by atoms with Crippen molar-refractivity contribution in [2.75, 3.05) is 7.11 Å². The van der Waals surface area contributed by atoms with Gasteiger partial charge in [-0.1, -0.05) is 18.2 Å². The Balaban J connectivity index is 0.00000220. The zero-order valence-corrected chi connectivity index (χ0v) is 12.2. The van der Waals surface area contributed by atoms with Crippen molar-refractivity contribution >= 4 is 18.2 Å². The van der Waals surface area contributed by atoms with Gasteiger partial charge < -0.3 is 22.5 Å². The van der Waals surface area contributed by atoms with E-state index in [1.807, 2.05) is 6.07 Å². The highest BCUT2D eigenvalue weighted by atomic mass is 35.5. The van der Waals surface area contributed by atoms with Crippen molar-refractivity contribution < 1.29 is 32.0 Å². The Labute approximate surface area is 128 Å². The molecule has 0 saturated carbocycles. The number of amides is 1. The monoisotopic (exact) mass is 309 g/mol. The summed E-state index contributed by atoms with van der Waals surface area (Å²) < 4.78 is 4.72. The first-order valence-corrected chi connectivity index (χ1v) is 6.21. The summed E-state index contributed by atoms with van der Waals surface area (Å²) in [6.45, 7) is 0. The number of nitrogens with two attached hydrogens (primary N) is 1. The number of rotatable bonds is 5. The normalized spacial score (nSPS) is 13.9. The molecule has 1 aliphatic rings. The molecule has 1 amide bonds. The summed E-state index contributed by atoms with van der Waals surface area (Å²) in [5.74, 6) is -0.801. The molecule has 21 heavy (non-hydrogen) atoms. The van der Waals surface area contributed by atoms with Crippen LogP contribution in [0.2, 0.25) is 0 Å². The maximum absolute atomic E-state index is 12.1. The van der Waals surface area contributed by atoms with Crippen LogP contribution in [0.5, 0.6) is 0 Å². The van der Waals surface area contributed by atoms with Crippen molar-refractivity contribution in [3.63, 3.8) is 0 Å². The van der Waals surface area contributed by atoms with Crippen LogP contribution in [-0.2, 0) is 9.53 Å². The number of carbonyl (C=O) groups excluding carboxylic acids is 2. The number of ether oxygens (including phenoxy) is 1. The van der Waals surface area contributed by atoms with Crippen molar-refractivity contribution in [3.8, 4) is 0 Å². The van der Waals surface area contributed by atoms with E-state index in [0.717, 1.165) is 5.70 Å². The lowest BCUT2D eigenvalue weighted by Crippen LogP contribution is -3.00. The number of carbonyl (C=O) groups is 2. The highest BCUT2D eigenvalue weighted by Gasteiger charge is 2.24. The molecule has 1 aromatic carbocycles. The Morgan fingerprint density at radius 1 is 1.33 bits per heavy atom. The smallest absolute Gasteiger partial charge is 0.328 e. The van der Waals surface area contributed by atoms with Crippen molar-refractivity contribution in [3.05, 3.63) is 47.8 Å². The number of nitrogens with zero attached hydrogens (tertiary/aromatic N) is 1. The van der Waals surface area contributed by atoms with Gasteiger partial charge in [0.25, 0.3) is 5.91 Å². The predicted octanol–water partition coefficient (Wildman–Crippen LogP) is -3.20. The van der Waals surface area contributed by atoms with Gasteiger partial charge in [-0.25, -0.2) is 9.79 Å². The van der Waals surface area contributed by atoms with Crippen molar-refractivity contribution in [1.82, 2.24) is 5.32 Å². The average molecular weight is 310 g/mol. The molecule has 0 bridgehead atoms. The van der Waals surface area contributed by atoms with Crippen LogP contribution in [0.1, 0.15) is 16.8 Å². The molecule has 3 N–H and O–H groups in total. The molecule has 1 atom stereocenters. The van der Waals surface area contributed by atoms with Crippen LogP contribution in [0.4, 0.5) is 0 Å². The number of nitrogens with one attached hydrogen (secondary N) is 1. The second kappa shape index (κ2) is 8.18. The van der Waals surface area contributed by atoms with Crippen molar-refractivity contribution in [2.24, 2.45) is 4.99 Å². The summed E-state index contributed by atoms with van der Waals surface area (Å²) in [4.78, 5) is 27.9. The zero-order chi connectivity index (χ0) is 14.4. The van der Waals surface area contributed by atoms with Gasteiger partial charge in [0.05, 0.1) is 7.11 Å². The standard InChI is InChI=1S/C14H15N3O3.ClH/c1-20-14(19)12(7-11-8-15-9-16-11)17-13(18)10-5-3-2-4-6-10;/h2-6,8-9,12H,7H2,1H3,(H,15,16)(H,17,18);1H/t12-;/m0./s1. The second-order valence-corrected chi connectivity index (χ2v) is 4.25. The Morgan fingerprint density at radius 2 is 2.05 bits per heavy atom. The molecule has 0 unspecified atom stereocenters. The highest BCUT2D eigenvalue weighted by molar-refractivity contribution is 5.96. The summed E-state index contributed by atoms with van der Waals surface area (Å²) in [6.07, 6.45) is 3.74. The molecule has 1 aromatic rings. The van der Waals surface area contributed by atoms with E-state index in [-0.39, 0.29) is 18.3 Å². The van der Waals surface area contributed by atoms with Gasteiger partial charge in [0, 0.05) is 12.0 Å². The maximum Gasteiger partial charge on any atom is 0.328 e. The highest BCUT2D eigenvalue weighted by Crippen LogP contribution is 2.09. The topological polar surface area (TPSA) is 84.4 Å². The number of methoxy groups -OCH3 is 1. The lowest BCUT2D eigenvalue weighted by atomic mass is 10.1. The fourth-order valence-corrected chi connectivity index (χ4v) is 1.83. The van der Waals surface area contributed by atoms with Gasteiger partial charge in [0.2, 0.25) is 0 Å². The molecule has 0 fully saturated rings. The van der Waals surface area contributed by atoms with E-state index in [0.29, 0.717) is 12.0 Å². The van der Waals surface area contributed by atoms with E-state index in [2.05, 4.69) is 10.3 Å². The van der Waals surface area contributed by atoms with Gasteiger partial charge >= 0.3 is 5.97 Å². The van der Waals surface area contributed by atoms with Crippen LogP contribution in [-0.4, -0.2) is 31.4 Å². The molecular weight excluding hydrogens is 294 g/mol. The number of halogens is 1. The third-order valence-electron chi connectivity index (χ3n) is 2.86. The Bertz CT molecular complexity index is 558.